The average Bonchev–Trinajstić information content (AvgIpc) is 3.25. The second-order valence-electron chi connectivity index (χ2n) is 5.77. The highest BCUT2D eigenvalue weighted by Crippen LogP contribution is 2.27. The van der Waals surface area contributed by atoms with Gasteiger partial charge in [0.25, 0.3) is 0 Å². The molecule has 0 spiro atoms. The van der Waals surface area contributed by atoms with Crippen LogP contribution in [0.2, 0.25) is 0 Å². The van der Waals surface area contributed by atoms with Gasteiger partial charge in [-0.2, -0.15) is 0 Å². The molecule has 2 aromatic carbocycles. The molecule has 0 aliphatic heterocycles. The molecule has 20 heavy (non-hydrogen) atoms. The van der Waals surface area contributed by atoms with Crippen molar-refractivity contribution in [3.8, 4) is 11.1 Å². The van der Waals surface area contributed by atoms with Crippen LogP contribution in [-0.2, 0) is 6.54 Å². The van der Waals surface area contributed by atoms with Crippen molar-refractivity contribution in [1.82, 2.24) is 5.32 Å². The normalized spacial score (nSPS) is 14.6. The van der Waals surface area contributed by atoms with Crippen LogP contribution in [0.25, 0.3) is 11.1 Å². The molecular weight excluding hydrogens is 249 g/mol. The molecule has 0 atom stereocenters. The van der Waals surface area contributed by atoms with Crippen molar-refractivity contribution in [2.45, 2.75) is 39.3 Å². The first-order valence-corrected chi connectivity index (χ1v) is 7.23. The topological polar surface area (TPSA) is 12.0 Å². The van der Waals surface area contributed by atoms with Gasteiger partial charge in [0.1, 0.15) is 5.82 Å². The van der Waals surface area contributed by atoms with E-state index in [4.69, 9.17) is 0 Å². The van der Waals surface area contributed by atoms with E-state index in [2.05, 4.69) is 30.4 Å². The molecule has 0 heterocycles. The van der Waals surface area contributed by atoms with Crippen LogP contribution in [0, 0.1) is 19.7 Å². The van der Waals surface area contributed by atoms with Crippen molar-refractivity contribution in [2.24, 2.45) is 0 Å². The van der Waals surface area contributed by atoms with Gasteiger partial charge in [0.2, 0.25) is 0 Å². The van der Waals surface area contributed by atoms with E-state index in [0.29, 0.717) is 11.6 Å². The minimum Gasteiger partial charge on any atom is -0.310 e. The molecule has 0 unspecified atom stereocenters. The molecular formula is C18H20FN. The fourth-order valence-electron chi connectivity index (χ4n) is 2.45. The molecule has 0 amide bonds. The average molecular weight is 269 g/mol. The zero-order valence-electron chi connectivity index (χ0n) is 12.0. The Morgan fingerprint density at radius 1 is 1.05 bits per heavy atom. The molecule has 0 radical (unpaired) electrons. The number of nitrogens with one attached hydrogen (secondary N) is 1. The Hall–Kier alpha value is -1.67. The first-order chi connectivity index (χ1) is 9.63. The largest absolute Gasteiger partial charge is 0.310 e. The Balaban J connectivity index is 1.89. The number of benzene rings is 2. The SMILES string of the molecule is Cc1cc(-c2cc(CNC3CC3)ccc2C)ccc1F. The third-order valence-corrected chi connectivity index (χ3v) is 3.94. The highest BCUT2D eigenvalue weighted by Gasteiger charge is 2.20. The number of halogens is 1. The number of rotatable bonds is 4. The molecule has 1 aliphatic carbocycles. The summed E-state index contributed by atoms with van der Waals surface area (Å²) >= 11 is 0. The molecule has 3 rings (SSSR count). The molecule has 104 valence electrons. The van der Waals surface area contributed by atoms with E-state index in [1.54, 1.807) is 6.07 Å². The van der Waals surface area contributed by atoms with Crippen LogP contribution in [0.1, 0.15) is 29.5 Å². The highest BCUT2D eigenvalue weighted by molar-refractivity contribution is 5.68. The van der Waals surface area contributed by atoms with Gasteiger partial charge < -0.3 is 5.32 Å². The Bertz CT molecular complexity index is 629. The maximum absolute atomic E-state index is 13.4. The van der Waals surface area contributed by atoms with Gasteiger partial charge in [-0.05, 0) is 72.7 Å². The molecule has 0 saturated heterocycles. The van der Waals surface area contributed by atoms with E-state index in [1.165, 1.54) is 29.5 Å². The van der Waals surface area contributed by atoms with Gasteiger partial charge in [-0.3, -0.25) is 0 Å². The van der Waals surface area contributed by atoms with Crippen LogP contribution in [0.3, 0.4) is 0 Å². The summed E-state index contributed by atoms with van der Waals surface area (Å²) in [6.45, 7) is 4.83. The summed E-state index contributed by atoms with van der Waals surface area (Å²) in [6, 6.07) is 12.6. The summed E-state index contributed by atoms with van der Waals surface area (Å²) in [4.78, 5) is 0. The zero-order chi connectivity index (χ0) is 14.1. The lowest BCUT2D eigenvalue weighted by atomic mass is 9.97. The van der Waals surface area contributed by atoms with Crippen molar-refractivity contribution >= 4 is 0 Å². The summed E-state index contributed by atoms with van der Waals surface area (Å²) in [5.41, 5.74) is 5.51. The first-order valence-electron chi connectivity index (χ1n) is 7.23. The Morgan fingerprint density at radius 3 is 2.55 bits per heavy atom. The van der Waals surface area contributed by atoms with E-state index in [-0.39, 0.29) is 5.82 Å². The predicted octanol–water partition coefficient (Wildman–Crippen LogP) is 4.36. The Labute approximate surface area is 119 Å². The van der Waals surface area contributed by atoms with Crippen LogP contribution in [0.5, 0.6) is 0 Å². The minimum atomic E-state index is -0.141. The monoisotopic (exact) mass is 269 g/mol. The fourth-order valence-corrected chi connectivity index (χ4v) is 2.45. The number of hydrogen-bond donors (Lipinski definition) is 1. The second kappa shape index (κ2) is 5.37. The van der Waals surface area contributed by atoms with Crippen LogP contribution >= 0.6 is 0 Å². The summed E-state index contributed by atoms with van der Waals surface area (Å²) < 4.78 is 13.4. The molecule has 1 fully saturated rings. The predicted molar refractivity (Wildman–Crippen MR) is 81.2 cm³/mol. The molecule has 1 N–H and O–H groups in total. The van der Waals surface area contributed by atoms with Crippen molar-refractivity contribution in [3.05, 3.63) is 58.9 Å². The van der Waals surface area contributed by atoms with E-state index in [1.807, 2.05) is 19.1 Å². The van der Waals surface area contributed by atoms with Gasteiger partial charge in [0.05, 0.1) is 0 Å². The third-order valence-electron chi connectivity index (χ3n) is 3.94. The third kappa shape index (κ3) is 2.91. The van der Waals surface area contributed by atoms with E-state index < -0.39 is 0 Å². The fraction of sp³-hybridized carbons (Fsp3) is 0.333. The van der Waals surface area contributed by atoms with E-state index >= 15 is 0 Å². The van der Waals surface area contributed by atoms with Gasteiger partial charge >= 0.3 is 0 Å². The van der Waals surface area contributed by atoms with Gasteiger partial charge in [-0.15, -0.1) is 0 Å². The van der Waals surface area contributed by atoms with Crippen molar-refractivity contribution < 1.29 is 4.39 Å². The van der Waals surface area contributed by atoms with Crippen LogP contribution in [0.15, 0.2) is 36.4 Å². The Morgan fingerprint density at radius 2 is 1.85 bits per heavy atom. The van der Waals surface area contributed by atoms with Gasteiger partial charge in [0, 0.05) is 12.6 Å². The minimum absolute atomic E-state index is 0.141. The summed E-state index contributed by atoms with van der Waals surface area (Å²) in [5, 5.41) is 3.53. The van der Waals surface area contributed by atoms with Crippen LogP contribution < -0.4 is 5.32 Å². The molecule has 1 aliphatic rings. The van der Waals surface area contributed by atoms with E-state index in [0.717, 1.165) is 12.1 Å². The van der Waals surface area contributed by atoms with E-state index in [9.17, 15) is 4.39 Å². The van der Waals surface area contributed by atoms with Crippen molar-refractivity contribution in [2.75, 3.05) is 0 Å². The summed E-state index contributed by atoms with van der Waals surface area (Å²) in [5.74, 6) is -0.141. The van der Waals surface area contributed by atoms with Gasteiger partial charge in [-0.25, -0.2) is 4.39 Å². The number of aryl methyl sites for hydroxylation is 2. The van der Waals surface area contributed by atoms with Crippen molar-refractivity contribution in [3.63, 3.8) is 0 Å². The van der Waals surface area contributed by atoms with Gasteiger partial charge in [-0.1, -0.05) is 18.2 Å². The summed E-state index contributed by atoms with van der Waals surface area (Å²) in [7, 11) is 0. The molecule has 1 saturated carbocycles. The second-order valence-corrected chi connectivity index (χ2v) is 5.77. The van der Waals surface area contributed by atoms with Gasteiger partial charge in [0.15, 0.2) is 0 Å². The van der Waals surface area contributed by atoms with Crippen molar-refractivity contribution in [1.29, 1.82) is 0 Å². The first kappa shape index (κ1) is 13.3. The molecule has 2 aromatic rings. The lowest BCUT2D eigenvalue weighted by molar-refractivity contribution is 0.619. The lowest BCUT2D eigenvalue weighted by Crippen LogP contribution is -2.15. The molecule has 2 heteroatoms. The lowest BCUT2D eigenvalue weighted by Gasteiger charge is -2.11. The molecule has 1 nitrogen and oxygen atoms in total. The smallest absolute Gasteiger partial charge is 0.126 e. The quantitative estimate of drug-likeness (QED) is 0.869. The molecule has 0 aromatic heterocycles. The molecule has 0 bridgehead atoms. The maximum Gasteiger partial charge on any atom is 0.126 e. The summed E-state index contributed by atoms with van der Waals surface area (Å²) in [6.07, 6.45) is 2.60. The standard InChI is InChI=1S/C18H20FN/c1-12-3-4-14(11-20-16-6-7-16)10-17(12)15-5-8-18(19)13(2)9-15/h3-5,8-10,16,20H,6-7,11H2,1-2H3. The zero-order valence-corrected chi connectivity index (χ0v) is 12.0. The Kier molecular flexibility index (Phi) is 3.58. The number of hydrogen-bond acceptors (Lipinski definition) is 1. The maximum atomic E-state index is 13.4. The highest BCUT2D eigenvalue weighted by atomic mass is 19.1. The van der Waals surface area contributed by atoms with Crippen LogP contribution in [0.4, 0.5) is 4.39 Å². The van der Waals surface area contributed by atoms with Crippen LogP contribution in [-0.4, -0.2) is 6.04 Å².